The zero-order valence-electron chi connectivity index (χ0n) is 19.6. The number of hydrogen-bond donors (Lipinski definition) is 1. The molecule has 0 saturated carbocycles. The molecule has 1 aliphatic rings. The summed E-state index contributed by atoms with van der Waals surface area (Å²) in [4.78, 5) is 24.9. The number of nitrogens with one attached hydrogen (secondary N) is 1. The van der Waals surface area contributed by atoms with Crippen LogP contribution in [0.3, 0.4) is 0 Å². The Labute approximate surface area is 181 Å². The van der Waals surface area contributed by atoms with Gasteiger partial charge in [-0.2, -0.15) is 0 Å². The molecule has 0 aliphatic carbocycles. The molecule has 2 rings (SSSR count). The first-order chi connectivity index (χ1) is 13.9. The average molecular weight is 436 g/mol. The van der Waals surface area contributed by atoms with E-state index in [0.717, 1.165) is 11.3 Å². The Balaban J connectivity index is 1.89. The lowest BCUT2D eigenvalue weighted by Crippen LogP contribution is -2.67. The highest BCUT2D eigenvalue weighted by Crippen LogP contribution is 2.39. The second-order valence-corrected chi connectivity index (χ2v) is 14.5. The van der Waals surface area contributed by atoms with Gasteiger partial charge in [0.1, 0.15) is 12.4 Å². The Morgan fingerprint density at radius 2 is 1.77 bits per heavy atom. The largest absolute Gasteiger partial charge is 0.497 e. The summed E-state index contributed by atoms with van der Waals surface area (Å²) in [7, 11) is -0.377. The standard InChI is InChI=1S/C23H37NO5Si/c1-15(19(25)14-28-13-17-9-11-18(27-6)12-10-17)21-20(22(26)24-21)16(2)29-30(7,8)23(3,4)5/h9-12,15-16,20-21H,13-14H2,1-8H3,(H,24,26)/t15-,16+,20+,21+/m0/s1. The lowest BCUT2D eigenvalue weighted by Gasteiger charge is -2.46. The molecule has 1 amide bonds. The van der Waals surface area contributed by atoms with E-state index < -0.39 is 8.32 Å². The van der Waals surface area contributed by atoms with E-state index in [9.17, 15) is 9.59 Å². The number of carbonyl (C=O) groups excluding carboxylic acids is 2. The Morgan fingerprint density at radius 3 is 2.27 bits per heavy atom. The predicted octanol–water partition coefficient (Wildman–Crippen LogP) is 3.94. The summed E-state index contributed by atoms with van der Waals surface area (Å²) in [5.41, 5.74) is 0.975. The zero-order valence-corrected chi connectivity index (χ0v) is 20.6. The molecular formula is C23H37NO5Si. The third-order valence-electron chi connectivity index (χ3n) is 6.51. The molecule has 168 valence electrons. The van der Waals surface area contributed by atoms with Gasteiger partial charge in [0.2, 0.25) is 5.91 Å². The first kappa shape index (κ1) is 24.6. The van der Waals surface area contributed by atoms with E-state index in [1.54, 1.807) is 7.11 Å². The smallest absolute Gasteiger partial charge is 0.228 e. The molecule has 1 heterocycles. The highest BCUT2D eigenvalue weighted by Gasteiger charge is 2.50. The molecule has 0 bridgehead atoms. The van der Waals surface area contributed by atoms with Crippen LogP contribution in [0, 0.1) is 11.8 Å². The molecule has 0 spiro atoms. The molecule has 1 aromatic carbocycles. The van der Waals surface area contributed by atoms with Crippen molar-refractivity contribution in [1.82, 2.24) is 5.32 Å². The van der Waals surface area contributed by atoms with Gasteiger partial charge in [-0.3, -0.25) is 9.59 Å². The molecule has 6 nitrogen and oxygen atoms in total. The molecule has 7 heteroatoms. The van der Waals surface area contributed by atoms with Gasteiger partial charge in [-0.15, -0.1) is 0 Å². The van der Waals surface area contributed by atoms with Crippen LogP contribution in [-0.2, 0) is 25.4 Å². The van der Waals surface area contributed by atoms with Crippen molar-refractivity contribution in [1.29, 1.82) is 0 Å². The predicted molar refractivity (Wildman–Crippen MR) is 120 cm³/mol. The van der Waals surface area contributed by atoms with Crippen molar-refractivity contribution in [2.75, 3.05) is 13.7 Å². The molecular weight excluding hydrogens is 398 g/mol. The van der Waals surface area contributed by atoms with Crippen molar-refractivity contribution >= 4 is 20.0 Å². The van der Waals surface area contributed by atoms with Crippen LogP contribution < -0.4 is 10.1 Å². The van der Waals surface area contributed by atoms with Crippen molar-refractivity contribution in [2.24, 2.45) is 11.8 Å². The molecule has 1 N–H and O–H groups in total. The average Bonchev–Trinajstić information content (AvgIpc) is 2.64. The summed E-state index contributed by atoms with van der Waals surface area (Å²) in [5, 5.41) is 2.97. The molecule has 1 saturated heterocycles. The number of methoxy groups -OCH3 is 1. The van der Waals surface area contributed by atoms with E-state index in [2.05, 4.69) is 39.2 Å². The summed E-state index contributed by atoms with van der Waals surface area (Å²) in [5.74, 6) is 0.0981. The lowest BCUT2D eigenvalue weighted by molar-refractivity contribution is -0.145. The van der Waals surface area contributed by atoms with Gasteiger partial charge in [0.05, 0.1) is 31.8 Å². The van der Waals surface area contributed by atoms with Crippen molar-refractivity contribution < 1.29 is 23.5 Å². The van der Waals surface area contributed by atoms with E-state index in [0.29, 0.717) is 6.61 Å². The van der Waals surface area contributed by atoms with Crippen LogP contribution in [0.5, 0.6) is 5.75 Å². The van der Waals surface area contributed by atoms with Crippen molar-refractivity contribution in [3.8, 4) is 5.75 Å². The van der Waals surface area contributed by atoms with E-state index in [1.165, 1.54) is 0 Å². The van der Waals surface area contributed by atoms with Crippen LogP contribution in [0.4, 0.5) is 0 Å². The second kappa shape index (κ2) is 9.62. The maximum Gasteiger partial charge on any atom is 0.228 e. The third-order valence-corrected chi connectivity index (χ3v) is 11.1. The maximum absolute atomic E-state index is 12.7. The molecule has 0 radical (unpaired) electrons. The second-order valence-electron chi connectivity index (χ2n) is 9.74. The number of rotatable bonds is 10. The minimum absolute atomic E-state index is 0.0157. The fourth-order valence-corrected chi connectivity index (χ4v) is 4.83. The van der Waals surface area contributed by atoms with Crippen molar-refractivity contribution in [3.63, 3.8) is 0 Å². The van der Waals surface area contributed by atoms with Gasteiger partial charge in [-0.1, -0.05) is 39.8 Å². The van der Waals surface area contributed by atoms with E-state index in [-0.39, 0.29) is 47.3 Å². The number of ketones is 1. The van der Waals surface area contributed by atoms with Crippen LogP contribution in [-0.4, -0.2) is 45.9 Å². The number of β-lactam (4-membered cyclic amide) rings is 1. The van der Waals surface area contributed by atoms with Gasteiger partial charge >= 0.3 is 0 Å². The maximum atomic E-state index is 12.7. The first-order valence-electron chi connectivity index (χ1n) is 10.6. The zero-order chi connectivity index (χ0) is 22.7. The number of ether oxygens (including phenoxy) is 2. The molecule has 30 heavy (non-hydrogen) atoms. The fourth-order valence-electron chi connectivity index (χ4n) is 3.40. The summed E-state index contributed by atoms with van der Waals surface area (Å²) in [6.07, 6.45) is -0.222. The van der Waals surface area contributed by atoms with Gasteiger partial charge in [0.15, 0.2) is 14.1 Å². The van der Waals surface area contributed by atoms with Crippen LogP contribution in [0.2, 0.25) is 18.1 Å². The summed E-state index contributed by atoms with van der Waals surface area (Å²) < 4.78 is 17.2. The molecule has 0 aromatic heterocycles. The highest BCUT2D eigenvalue weighted by molar-refractivity contribution is 6.74. The molecule has 4 atom stereocenters. The van der Waals surface area contributed by atoms with Gasteiger partial charge in [-0.05, 0) is 42.8 Å². The first-order valence-corrected chi connectivity index (χ1v) is 13.5. The topological polar surface area (TPSA) is 73.9 Å². The normalized spacial score (nSPS) is 21.4. The Kier molecular flexibility index (Phi) is 7.88. The minimum Gasteiger partial charge on any atom is -0.497 e. The van der Waals surface area contributed by atoms with Crippen molar-refractivity contribution in [3.05, 3.63) is 29.8 Å². The highest BCUT2D eigenvalue weighted by atomic mass is 28.4. The number of carbonyl (C=O) groups is 2. The SMILES string of the molecule is COc1ccc(COCC(=O)[C@H](C)[C@H]2NC(=O)[C@@H]2[C@@H](C)O[Si](C)(C)C(C)(C)C)cc1. The van der Waals surface area contributed by atoms with Gasteiger partial charge in [0, 0.05) is 5.92 Å². The number of Topliss-reactive ketones (excluding diaryl/α,β-unsaturated/α-hetero) is 1. The molecule has 0 unspecified atom stereocenters. The minimum atomic E-state index is -2.00. The number of hydrogen-bond acceptors (Lipinski definition) is 5. The third kappa shape index (κ3) is 5.71. The summed E-state index contributed by atoms with van der Waals surface area (Å²) >= 11 is 0. The quantitative estimate of drug-likeness (QED) is 0.445. The number of benzene rings is 1. The van der Waals surface area contributed by atoms with E-state index in [4.69, 9.17) is 13.9 Å². The van der Waals surface area contributed by atoms with Gasteiger partial charge in [-0.25, -0.2) is 0 Å². The Bertz CT molecular complexity index is 741. The summed E-state index contributed by atoms with van der Waals surface area (Å²) in [6, 6.07) is 7.33. The van der Waals surface area contributed by atoms with Crippen LogP contribution >= 0.6 is 0 Å². The summed E-state index contributed by atoms with van der Waals surface area (Å²) in [6.45, 7) is 15.1. The van der Waals surface area contributed by atoms with E-state index >= 15 is 0 Å². The van der Waals surface area contributed by atoms with Gasteiger partial charge in [0.25, 0.3) is 0 Å². The fraction of sp³-hybridized carbons (Fsp3) is 0.652. The van der Waals surface area contributed by atoms with Crippen molar-refractivity contribution in [2.45, 2.75) is 71.5 Å². The van der Waals surface area contributed by atoms with Crippen LogP contribution in [0.25, 0.3) is 0 Å². The van der Waals surface area contributed by atoms with Crippen LogP contribution in [0.1, 0.15) is 40.2 Å². The lowest BCUT2D eigenvalue weighted by atomic mass is 9.77. The van der Waals surface area contributed by atoms with Gasteiger partial charge < -0.3 is 19.2 Å². The Morgan fingerprint density at radius 1 is 1.17 bits per heavy atom. The number of amides is 1. The van der Waals surface area contributed by atoms with E-state index in [1.807, 2.05) is 38.1 Å². The molecule has 1 fully saturated rings. The molecule has 1 aliphatic heterocycles. The Hall–Kier alpha value is -1.70. The molecule has 1 aromatic rings. The monoisotopic (exact) mass is 435 g/mol. The van der Waals surface area contributed by atoms with Crippen LogP contribution in [0.15, 0.2) is 24.3 Å².